The minimum absolute atomic E-state index is 0.0252. The molecule has 1 aliphatic rings. The van der Waals surface area contributed by atoms with Gasteiger partial charge in [0.25, 0.3) is 0 Å². The molecule has 2 amide bonds. The number of benzene rings is 1. The average Bonchev–Trinajstić information content (AvgIpc) is 3.42. The van der Waals surface area contributed by atoms with E-state index >= 15 is 0 Å². The zero-order valence-electron chi connectivity index (χ0n) is 18.9. The molecule has 0 aliphatic carbocycles. The van der Waals surface area contributed by atoms with E-state index < -0.39 is 23.8 Å². The molecule has 0 saturated carbocycles. The van der Waals surface area contributed by atoms with Crippen LogP contribution in [0.4, 0.5) is 4.79 Å². The van der Waals surface area contributed by atoms with Gasteiger partial charge in [0.1, 0.15) is 12.6 Å². The van der Waals surface area contributed by atoms with Crippen molar-refractivity contribution in [3.05, 3.63) is 41.7 Å². The number of carbonyl (C=O) groups is 2. The zero-order valence-corrected chi connectivity index (χ0v) is 18.9. The number of nitrogens with two attached hydrogens (primary N) is 1. The van der Waals surface area contributed by atoms with Crippen LogP contribution in [0.15, 0.2) is 30.3 Å². The number of aromatic nitrogens is 4. The molecular formula is C21H31N7O5. The SMILES string of the molecule is CC(C)(N)C(=O)N[C@H](COCc1ccccc1)c1nnnn1CCOC(=O)N1CC[C@@H](O)C1. The molecule has 180 valence electrons. The first kappa shape index (κ1) is 24.6. The Bertz CT molecular complexity index is 915. The van der Waals surface area contributed by atoms with E-state index in [1.54, 1.807) is 13.8 Å². The highest BCUT2D eigenvalue weighted by Gasteiger charge is 2.29. The van der Waals surface area contributed by atoms with Crippen LogP contribution in [0.3, 0.4) is 0 Å². The van der Waals surface area contributed by atoms with Crippen molar-refractivity contribution >= 4 is 12.0 Å². The summed E-state index contributed by atoms with van der Waals surface area (Å²) in [6.45, 7) is 4.58. The second-order valence-corrected chi connectivity index (χ2v) is 8.51. The summed E-state index contributed by atoms with van der Waals surface area (Å²) in [5.41, 5.74) is 5.81. The number of aliphatic hydroxyl groups excluding tert-OH is 1. The van der Waals surface area contributed by atoms with Gasteiger partial charge in [-0.05, 0) is 36.3 Å². The number of hydrogen-bond donors (Lipinski definition) is 3. The Morgan fingerprint density at radius 2 is 2.09 bits per heavy atom. The van der Waals surface area contributed by atoms with Crippen LogP contribution in [0.5, 0.6) is 0 Å². The van der Waals surface area contributed by atoms with Gasteiger partial charge in [-0.1, -0.05) is 30.3 Å². The Morgan fingerprint density at radius 1 is 1.33 bits per heavy atom. The first-order chi connectivity index (χ1) is 15.7. The van der Waals surface area contributed by atoms with Gasteiger partial charge in [-0.3, -0.25) is 4.79 Å². The average molecular weight is 462 g/mol. The Hall–Kier alpha value is -3.09. The maximum atomic E-state index is 12.5. The molecular weight excluding hydrogens is 430 g/mol. The summed E-state index contributed by atoms with van der Waals surface area (Å²) in [7, 11) is 0. The third kappa shape index (κ3) is 7.20. The molecule has 2 heterocycles. The molecule has 1 fully saturated rings. The van der Waals surface area contributed by atoms with Crippen LogP contribution >= 0.6 is 0 Å². The number of likely N-dealkylation sites (tertiary alicyclic amines) is 1. The predicted molar refractivity (Wildman–Crippen MR) is 117 cm³/mol. The Morgan fingerprint density at radius 3 is 2.76 bits per heavy atom. The van der Waals surface area contributed by atoms with Crippen molar-refractivity contribution in [3.63, 3.8) is 0 Å². The van der Waals surface area contributed by atoms with Crippen molar-refractivity contribution in [1.29, 1.82) is 0 Å². The van der Waals surface area contributed by atoms with E-state index in [1.807, 2.05) is 30.3 Å². The van der Waals surface area contributed by atoms with Crippen molar-refractivity contribution in [2.75, 3.05) is 26.3 Å². The Kier molecular flexibility index (Phi) is 8.31. The van der Waals surface area contributed by atoms with Crippen molar-refractivity contribution < 1.29 is 24.2 Å². The molecule has 1 saturated heterocycles. The molecule has 2 atom stereocenters. The van der Waals surface area contributed by atoms with Crippen molar-refractivity contribution in [1.82, 2.24) is 30.4 Å². The Labute approximate surface area is 192 Å². The van der Waals surface area contributed by atoms with Gasteiger partial charge < -0.3 is 30.5 Å². The zero-order chi connectivity index (χ0) is 23.8. The molecule has 12 nitrogen and oxygen atoms in total. The van der Waals surface area contributed by atoms with Crippen LogP contribution in [-0.2, 0) is 27.4 Å². The number of tetrazole rings is 1. The monoisotopic (exact) mass is 461 g/mol. The number of nitrogens with one attached hydrogen (secondary N) is 1. The quantitative estimate of drug-likeness (QED) is 0.442. The number of carbonyl (C=O) groups excluding carboxylic acids is 2. The number of ether oxygens (including phenoxy) is 2. The van der Waals surface area contributed by atoms with Gasteiger partial charge in [0.2, 0.25) is 5.91 Å². The van der Waals surface area contributed by atoms with Crippen molar-refractivity contribution in [3.8, 4) is 0 Å². The fourth-order valence-electron chi connectivity index (χ4n) is 3.23. The third-order valence-electron chi connectivity index (χ3n) is 5.11. The van der Waals surface area contributed by atoms with Crippen molar-refractivity contribution in [2.24, 2.45) is 5.73 Å². The number of hydrogen-bond acceptors (Lipinski definition) is 9. The summed E-state index contributed by atoms with van der Waals surface area (Å²) in [6, 6.07) is 8.97. The number of rotatable bonds is 10. The molecule has 0 bridgehead atoms. The summed E-state index contributed by atoms with van der Waals surface area (Å²) in [5, 5.41) is 24.1. The number of β-amino-alcohol motifs (C(OH)–C–C–N with tert-alkyl or cyclic N) is 1. The van der Waals surface area contributed by atoms with E-state index in [-0.39, 0.29) is 32.2 Å². The fraction of sp³-hybridized carbons (Fsp3) is 0.571. The highest BCUT2D eigenvalue weighted by Crippen LogP contribution is 2.14. The summed E-state index contributed by atoms with van der Waals surface area (Å²) in [6.07, 6.45) is -0.480. The molecule has 4 N–H and O–H groups in total. The minimum Gasteiger partial charge on any atom is -0.447 e. The van der Waals surface area contributed by atoms with Crippen molar-refractivity contribution in [2.45, 2.75) is 51.1 Å². The molecule has 1 aromatic carbocycles. The second-order valence-electron chi connectivity index (χ2n) is 8.51. The van der Waals surface area contributed by atoms with E-state index in [0.717, 1.165) is 5.56 Å². The molecule has 12 heteroatoms. The summed E-state index contributed by atoms with van der Waals surface area (Å²) < 4.78 is 12.5. The highest BCUT2D eigenvalue weighted by molar-refractivity contribution is 5.85. The standard InChI is InChI=1S/C21H31N7O5/c1-21(2,22)19(30)23-17(14-32-13-15-6-4-3-5-7-15)18-24-25-26-28(18)10-11-33-20(31)27-9-8-16(29)12-27/h3-7,16-17,29H,8-14,22H2,1-2H3,(H,23,30)/t16-,17-/m1/s1. The molecule has 0 spiro atoms. The van der Waals surface area contributed by atoms with Crippen LogP contribution in [0.1, 0.15) is 37.7 Å². The van der Waals surface area contributed by atoms with Gasteiger partial charge >= 0.3 is 6.09 Å². The van der Waals surface area contributed by atoms with E-state index in [2.05, 4.69) is 20.8 Å². The molecule has 2 aromatic rings. The van der Waals surface area contributed by atoms with Gasteiger partial charge in [-0.25, -0.2) is 9.48 Å². The van der Waals surface area contributed by atoms with Crippen LogP contribution < -0.4 is 11.1 Å². The summed E-state index contributed by atoms with van der Waals surface area (Å²) >= 11 is 0. The predicted octanol–water partition coefficient (Wildman–Crippen LogP) is -0.0123. The normalized spacial score (nSPS) is 17.1. The van der Waals surface area contributed by atoms with E-state index in [9.17, 15) is 14.7 Å². The largest absolute Gasteiger partial charge is 0.447 e. The molecule has 0 radical (unpaired) electrons. The first-order valence-corrected chi connectivity index (χ1v) is 10.8. The van der Waals surface area contributed by atoms with Gasteiger partial charge in [0.05, 0.1) is 31.4 Å². The number of nitrogens with zero attached hydrogens (tertiary/aromatic N) is 5. The smallest absolute Gasteiger partial charge is 0.409 e. The van der Waals surface area contributed by atoms with E-state index in [1.165, 1.54) is 9.58 Å². The molecule has 3 rings (SSSR count). The number of aliphatic hydroxyl groups is 1. The van der Waals surface area contributed by atoms with Gasteiger partial charge in [-0.2, -0.15) is 0 Å². The molecule has 1 aliphatic heterocycles. The second kappa shape index (κ2) is 11.2. The fourth-order valence-corrected chi connectivity index (χ4v) is 3.23. The van der Waals surface area contributed by atoms with Crippen LogP contribution in [0.25, 0.3) is 0 Å². The summed E-state index contributed by atoms with van der Waals surface area (Å²) in [5.74, 6) is -0.0299. The van der Waals surface area contributed by atoms with Gasteiger partial charge in [0.15, 0.2) is 5.82 Å². The minimum atomic E-state index is -1.11. The van der Waals surface area contributed by atoms with E-state index in [0.29, 0.717) is 25.4 Å². The van der Waals surface area contributed by atoms with E-state index in [4.69, 9.17) is 15.2 Å². The first-order valence-electron chi connectivity index (χ1n) is 10.8. The topological polar surface area (TPSA) is 158 Å². The maximum absolute atomic E-state index is 12.5. The third-order valence-corrected chi connectivity index (χ3v) is 5.11. The molecule has 1 aromatic heterocycles. The highest BCUT2D eigenvalue weighted by atomic mass is 16.6. The van der Waals surface area contributed by atoms with Crippen LogP contribution in [-0.4, -0.2) is 80.2 Å². The lowest BCUT2D eigenvalue weighted by molar-refractivity contribution is -0.126. The molecule has 33 heavy (non-hydrogen) atoms. The van der Waals surface area contributed by atoms with Crippen LogP contribution in [0, 0.1) is 0 Å². The van der Waals surface area contributed by atoms with Gasteiger partial charge in [-0.15, -0.1) is 5.10 Å². The van der Waals surface area contributed by atoms with Gasteiger partial charge in [0, 0.05) is 13.1 Å². The lowest BCUT2D eigenvalue weighted by Gasteiger charge is -2.24. The Balaban J connectivity index is 1.61. The number of amides is 2. The summed E-state index contributed by atoms with van der Waals surface area (Å²) in [4.78, 5) is 26.1. The van der Waals surface area contributed by atoms with Crippen LogP contribution in [0.2, 0.25) is 0 Å². The lowest BCUT2D eigenvalue weighted by Crippen LogP contribution is -2.51. The lowest BCUT2D eigenvalue weighted by atomic mass is 10.1. The maximum Gasteiger partial charge on any atom is 0.409 e. The molecule has 0 unspecified atom stereocenters.